The van der Waals surface area contributed by atoms with Crippen molar-refractivity contribution < 1.29 is 4.79 Å². The number of nitrogens with zero attached hydrogens (tertiary/aromatic N) is 1. The summed E-state index contributed by atoms with van der Waals surface area (Å²) in [5.41, 5.74) is 7.06. The van der Waals surface area contributed by atoms with Crippen molar-refractivity contribution in [2.45, 2.75) is 26.7 Å². The van der Waals surface area contributed by atoms with E-state index in [0.717, 1.165) is 4.68 Å². The van der Waals surface area contributed by atoms with Gasteiger partial charge < -0.3 is 11.6 Å². The Morgan fingerprint density at radius 1 is 1.00 bits per heavy atom. The lowest BCUT2D eigenvalue weighted by atomic mass is 10.0. The third kappa shape index (κ3) is 4.07. The van der Waals surface area contributed by atoms with Crippen molar-refractivity contribution in [3.8, 4) is 0 Å². The molecule has 130 valence electrons. The van der Waals surface area contributed by atoms with Crippen LogP contribution in [-0.4, -0.2) is 10.6 Å². The van der Waals surface area contributed by atoms with E-state index in [1.807, 2.05) is 0 Å². The van der Waals surface area contributed by atoms with E-state index in [0.29, 0.717) is 16.5 Å². The molecule has 0 aliphatic carbocycles. The largest absolute Gasteiger partial charge is 0.366 e. The molecular weight excluding hydrogens is 314 g/mol. The quantitative estimate of drug-likeness (QED) is 0.720. The van der Waals surface area contributed by atoms with Gasteiger partial charge in [-0.25, -0.2) is 4.68 Å². The average Bonchev–Trinajstić information content (AvgIpc) is 2.61. The zero-order valence-electron chi connectivity index (χ0n) is 14.5. The van der Waals surface area contributed by atoms with Crippen LogP contribution >= 0.6 is 0 Å². The van der Waals surface area contributed by atoms with E-state index in [2.05, 4.69) is 37.3 Å². The maximum atomic E-state index is 11.8. The summed E-state index contributed by atoms with van der Waals surface area (Å²) in [6, 6.07) is 17.3. The van der Waals surface area contributed by atoms with Crippen LogP contribution in [0.1, 0.15) is 35.0 Å². The fourth-order valence-electron chi connectivity index (χ4n) is 2.73. The summed E-state index contributed by atoms with van der Waals surface area (Å²) in [7, 11) is 0. The van der Waals surface area contributed by atoms with Gasteiger partial charge in [0.1, 0.15) is 0 Å². The molecule has 0 unspecified atom stereocenters. The zero-order chi connectivity index (χ0) is 18.4. The zero-order valence-corrected chi connectivity index (χ0v) is 14.5. The highest BCUT2D eigenvalue weighted by Gasteiger charge is 2.15. The Kier molecular flexibility index (Phi) is 5.95. The summed E-state index contributed by atoms with van der Waals surface area (Å²) in [5, 5.41) is 0.934. The summed E-state index contributed by atoms with van der Waals surface area (Å²) in [4.78, 5) is 23.2. The van der Waals surface area contributed by atoms with Crippen LogP contribution < -0.4 is 17.1 Å². The fourth-order valence-corrected chi connectivity index (χ4v) is 2.73. The lowest BCUT2D eigenvalue weighted by Gasteiger charge is -2.10. The molecule has 0 atom stereocenters. The molecule has 5 heteroatoms. The highest BCUT2D eigenvalue weighted by Crippen LogP contribution is 2.17. The minimum Gasteiger partial charge on any atom is -0.366 e. The topological polar surface area (TPSA) is 91.1 Å². The lowest BCUT2D eigenvalue weighted by molar-refractivity contribution is 0.100. The normalized spacial score (nSPS) is 10.2. The molecule has 2 aromatic carbocycles. The van der Waals surface area contributed by atoms with Gasteiger partial charge in [0.05, 0.1) is 11.3 Å². The number of primary amides is 1. The first-order valence-electron chi connectivity index (χ1n) is 8.20. The van der Waals surface area contributed by atoms with Crippen molar-refractivity contribution in [3.05, 3.63) is 81.8 Å². The van der Waals surface area contributed by atoms with E-state index < -0.39 is 5.91 Å². The van der Waals surface area contributed by atoms with Crippen LogP contribution in [0.5, 0.6) is 0 Å². The number of fused-ring (bicyclic) bond motifs is 1. The van der Waals surface area contributed by atoms with E-state index in [1.54, 1.807) is 31.2 Å². The molecule has 1 aromatic heterocycles. The molecule has 0 saturated carbocycles. The first-order valence-corrected chi connectivity index (χ1v) is 8.20. The van der Waals surface area contributed by atoms with E-state index in [1.165, 1.54) is 18.4 Å². The van der Waals surface area contributed by atoms with Crippen molar-refractivity contribution in [2.24, 2.45) is 5.73 Å². The SMILES string of the molecule is CCCc1ccccc1.Cc1c(C(N)=O)c2ccccc2c(=O)n1N. The number of aromatic nitrogens is 1. The predicted octanol–water partition coefficient (Wildman–Crippen LogP) is 2.76. The molecule has 3 rings (SSSR count). The second-order valence-electron chi connectivity index (χ2n) is 5.78. The standard InChI is InChI=1S/C11H11N3O2.C9H12/c1-6-9(10(12)15)7-4-2-3-5-8(7)11(16)14(6)13;1-2-6-9-7-4-3-5-8-9/h2-5H,13H2,1H3,(H2,12,15);3-5,7-8H,2,6H2,1H3. The minimum atomic E-state index is -0.590. The first kappa shape index (κ1) is 18.3. The Bertz CT molecular complexity index is 931. The number of amides is 1. The van der Waals surface area contributed by atoms with Crippen LogP contribution in [0.4, 0.5) is 0 Å². The van der Waals surface area contributed by atoms with Crippen LogP contribution in [0.15, 0.2) is 59.4 Å². The van der Waals surface area contributed by atoms with Gasteiger partial charge in [-0.1, -0.05) is 61.9 Å². The third-order valence-corrected chi connectivity index (χ3v) is 4.00. The molecule has 1 amide bonds. The average molecular weight is 337 g/mol. The smallest absolute Gasteiger partial charge is 0.276 e. The molecule has 25 heavy (non-hydrogen) atoms. The van der Waals surface area contributed by atoms with Crippen LogP contribution in [-0.2, 0) is 6.42 Å². The molecule has 0 spiro atoms. The van der Waals surface area contributed by atoms with Crippen LogP contribution in [0.25, 0.3) is 10.8 Å². The number of aryl methyl sites for hydroxylation is 1. The van der Waals surface area contributed by atoms with Gasteiger partial charge in [0, 0.05) is 10.8 Å². The maximum absolute atomic E-state index is 11.8. The number of hydrogen-bond donors (Lipinski definition) is 2. The number of hydrogen-bond acceptors (Lipinski definition) is 3. The highest BCUT2D eigenvalue weighted by molar-refractivity contribution is 6.06. The van der Waals surface area contributed by atoms with Gasteiger partial charge in [0.15, 0.2) is 0 Å². The Morgan fingerprint density at radius 3 is 2.12 bits per heavy atom. The molecule has 0 saturated heterocycles. The number of pyridine rings is 1. The number of carbonyl (C=O) groups is 1. The Balaban J connectivity index is 0.000000212. The second-order valence-corrected chi connectivity index (χ2v) is 5.78. The molecule has 0 fully saturated rings. The van der Waals surface area contributed by atoms with Gasteiger partial charge in [-0.3, -0.25) is 9.59 Å². The van der Waals surface area contributed by atoms with E-state index in [-0.39, 0.29) is 11.1 Å². The molecular formula is C20H23N3O2. The minimum absolute atomic E-state index is 0.290. The predicted molar refractivity (Wildman–Crippen MR) is 102 cm³/mol. The molecule has 0 aliphatic rings. The third-order valence-electron chi connectivity index (χ3n) is 4.00. The summed E-state index contributed by atoms with van der Waals surface area (Å²) < 4.78 is 0.947. The summed E-state index contributed by atoms with van der Waals surface area (Å²) >= 11 is 0. The van der Waals surface area contributed by atoms with Gasteiger partial charge in [-0.05, 0) is 25.0 Å². The van der Waals surface area contributed by atoms with Crippen molar-refractivity contribution in [3.63, 3.8) is 0 Å². The number of nitrogen functional groups attached to an aromatic ring is 1. The molecule has 0 radical (unpaired) electrons. The summed E-state index contributed by atoms with van der Waals surface area (Å²) in [5.74, 6) is 4.99. The highest BCUT2D eigenvalue weighted by atomic mass is 16.1. The number of carbonyl (C=O) groups excluding carboxylic acids is 1. The van der Waals surface area contributed by atoms with E-state index >= 15 is 0 Å². The Morgan fingerprint density at radius 2 is 1.56 bits per heavy atom. The lowest BCUT2D eigenvalue weighted by Crippen LogP contribution is -2.32. The number of rotatable bonds is 3. The van der Waals surface area contributed by atoms with Gasteiger partial charge >= 0.3 is 0 Å². The van der Waals surface area contributed by atoms with Crippen molar-refractivity contribution in [1.82, 2.24) is 4.68 Å². The van der Waals surface area contributed by atoms with E-state index in [4.69, 9.17) is 11.6 Å². The fraction of sp³-hybridized carbons (Fsp3) is 0.200. The molecule has 0 bridgehead atoms. The number of benzene rings is 2. The van der Waals surface area contributed by atoms with Crippen molar-refractivity contribution >= 4 is 16.7 Å². The molecule has 3 aromatic rings. The first-order chi connectivity index (χ1) is 12.0. The molecule has 1 heterocycles. The van der Waals surface area contributed by atoms with Crippen molar-refractivity contribution in [1.29, 1.82) is 0 Å². The van der Waals surface area contributed by atoms with Crippen LogP contribution in [0.3, 0.4) is 0 Å². The van der Waals surface area contributed by atoms with Crippen LogP contribution in [0.2, 0.25) is 0 Å². The van der Waals surface area contributed by atoms with Crippen LogP contribution in [0, 0.1) is 6.92 Å². The van der Waals surface area contributed by atoms with E-state index in [9.17, 15) is 9.59 Å². The maximum Gasteiger partial charge on any atom is 0.276 e. The monoisotopic (exact) mass is 337 g/mol. The molecule has 5 nitrogen and oxygen atoms in total. The second kappa shape index (κ2) is 8.15. The Hall–Kier alpha value is -3.08. The van der Waals surface area contributed by atoms with Gasteiger partial charge in [-0.2, -0.15) is 0 Å². The van der Waals surface area contributed by atoms with Gasteiger partial charge in [0.2, 0.25) is 0 Å². The van der Waals surface area contributed by atoms with Gasteiger partial charge in [-0.15, -0.1) is 0 Å². The summed E-state index contributed by atoms with van der Waals surface area (Å²) in [6.07, 6.45) is 2.45. The molecule has 0 aliphatic heterocycles. The molecule has 4 N–H and O–H groups in total. The number of nitrogens with two attached hydrogens (primary N) is 2. The summed E-state index contributed by atoms with van der Waals surface area (Å²) in [6.45, 7) is 3.79. The van der Waals surface area contributed by atoms with Crippen molar-refractivity contribution in [2.75, 3.05) is 5.84 Å². The Labute approximate surface area is 146 Å². The van der Waals surface area contributed by atoms with Gasteiger partial charge in [0.25, 0.3) is 11.5 Å².